The van der Waals surface area contributed by atoms with Crippen molar-refractivity contribution in [1.29, 1.82) is 0 Å². The van der Waals surface area contributed by atoms with Gasteiger partial charge in [-0.15, -0.1) is 0 Å². The lowest BCUT2D eigenvalue weighted by molar-refractivity contribution is 0.0543. The first kappa shape index (κ1) is 34.0. The third-order valence-electron chi connectivity index (χ3n) is 7.00. The van der Waals surface area contributed by atoms with E-state index in [1.54, 1.807) is 87.5 Å². The van der Waals surface area contributed by atoms with Crippen LogP contribution in [0.5, 0.6) is 11.5 Å². The van der Waals surface area contributed by atoms with Gasteiger partial charge in [-0.1, -0.05) is 23.7 Å². The Bertz CT molecular complexity index is 1750. The summed E-state index contributed by atoms with van der Waals surface area (Å²) < 4.78 is 32.1. The van der Waals surface area contributed by atoms with E-state index >= 15 is 0 Å². The van der Waals surface area contributed by atoms with Crippen LogP contribution in [-0.2, 0) is 18.9 Å². The van der Waals surface area contributed by atoms with E-state index in [-0.39, 0.29) is 11.6 Å². The Morgan fingerprint density at radius 1 is 0.479 bits per heavy atom. The number of carbonyl (C=O) groups is 2. The molecule has 244 valence electrons. The van der Waals surface area contributed by atoms with Gasteiger partial charge in [-0.2, -0.15) is 0 Å². The van der Waals surface area contributed by atoms with Crippen LogP contribution in [0.3, 0.4) is 0 Å². The second-order valence-electron chi connectivity index (χ2n) is 10.4. The summed E-state index contributed by atoms with van der Waals surface area (Å²) in [5, 5.41) is 0. The predicted octanol–water partition coefficient (Wildman–Crippen LogP) is 4.14. The van der Waals surface area contributed by atoms with Crippen molar-refractivity contribution in [1.82, 2.24) is 9.97 Å². The van der Waals surface area contributed by atoms with Crippen LogP contribution >= 0.6 is 0 Å². The lowest BCUT2D eigenvalue weighted by atomic mass is 9.82. The molecule has 2 heterocycles. The minimum absolute atomic E-state index is 0.223. The molecule has 2 aromatic carbocycles. The number of benzene rings is 2. The first-order valence-corrected chi connectivity index (χ1v) is 15.3. The largest absolute Gasteiger partial charge is 0.490 e. The molecule has 0 saturated carbocycles. The lowest BCUT2D eigenvalue weighted by Gasteiger charge is -2.17. The zero-order valence-corrected chi connectivity index (χ0v) is 26.7. The van der Waals surface area contributed by atoms with Gasteiger partial charge in [0.2, 0.25) is 0 Å². The number of aromatic nitrogens is 2. The Hall–Kier alpha value is -5.36. The number of ether oxygens (including phenoxy) is 6. The number of hydrogen-bond acceptors (Lipinski definition) is 10. The molecule has 0 atom stereocenters. The van der Waals surface area contributed by atoms with Crippen molar-refractivity contribution in [3.05, 3.63) is 118 Å². The van der Waals surface area contributed by atoms with Gasteiger partial charge in [0, 0.05) is 71.1 Å². The molecular weight excluding hydrogens is 612 g/mol. The molecule has 0 unspecified atom stereocenters. The number of methoxy groups -OCH3 is 2. The van der Waals surface area contributed by atoms with Crippen LogP contribution in [0.25, 0.3) is 0 Å². The van der Waals surface area contributed by atoms with E-state index < -0.39 is 0 Å². The number of pyridine rings is 2. The van der Waals surface area contributed by atoms with Crippen molar-refractivity contribution in [2.24, 2.45) is 0 Å². The molecular formula is C38H34N2O8. The minimum atomic E-state index is -0.263. The van der Waals surface area contributed by atoms with Gasteiger partial charge in [-0.3, -0.25) is 19.6 Å². The average Bonchev–Trinajstić information content (AvgIpc) is 3.12. The van der Waals surface area contributed by atoms with Gasteiger partial charge >= 0.3 is 0 Å². The van der Waals surface area contributed by atoms with E-state index in [0.717, 1.165) is 0 Å². The van der Waals surface area contributed by atoms with Gasteiger partial charge in [0.1, 0.15) is 24.7 Å². The van der Waals surface area contributed by atoms with Crippen LogP contribution in [0.15, 0.2) is 73.3 Å². The fourth-order valence-corrected chi connectivity index (χ4v) is 4.65. The molecule has 2 aromatic heterocycles. The number of nitrogens with zero attached hydrogens (tertiary/aromatic N) is 2. The normalized spacial score (nSPS) is 11.5. The van der Waals surface area contributed by atoms with E-state index in [0.29, 0.717) is 109 Å². The van der Waals surface area contributed by atoms with Gasteiger partial charge in [0.05, 0.1) is 52.0 Å². The van der Waals surface area contributed by atoms with E-state index in [1.807, 2.05) is 0 Å². The zero-order chi connectivity index (χ0) is 33.6. The molecule has 0 spiro atoms. The van der Waals surface area contributed by atoms with Crippen molar-refractivity contribution in [3.63, 3.8) is 0 Å². The monoisotopic (exact) mass is 646 g/mol. The summed E-state index contributed by atoms with van der Waals surface area (Å²) in [5.74, 6) is 12.9. The Balaban J connectivity index is 1.25. The molecule has 0 bridgehead atoms. The van der Waals surface area contributed by atoms with Crippen LogP contribution in [0.4, 0.5) is 0 Å². The van der Waals surface area contributed by atoms with Crippen molar-refractivity contribution in [3.8, 4) is 35.2 Å². The molecule has 48 heavy (non-hydrogen) atoms. The highest BCUT2D eigenvalue weighted by Crippen LogP contribution is 2.29. The molecule has 0 radical (unpaired) electrons. The fraction of sp³-hybridized carbons (Fsp3) is 0.263. The summed E-state index contributed by atoms with van der Waals surface area (Å²) in [6.07, 6.45) is 6.46. The molecule has 0 fully saturated rings. The molecule has 0 saturated heterocycles. The number of rotatable bonds is 14. The maximum atomic E-state index is 13.6. The van der Waals surface area contributed by atoms with Gasteiger partial charge in [-0.05, 0) is 48.5 Å². The topological polar surface area (TPSA) is 115 Å². The SMILES string of the molecule is COCCOCCOc1cncc(C#Cc2ccc3c(c2)C(=O)c2cc(C#Cc4cncc(OCCOCCOC)c4)ccc2C3=O)c1. The molecule has 1 aliphatic rings. The Kier molecular flexibility index (Phi) is 12.4. The van der Waals surface area contributed by atoms with Crippen LogP contribution in [0.2, 0.25) is 0 Å². The third-order valence-corrected chi connectivity index (χ3v) is 7.00. The second kappa shape index (κ2) is 17.5. The molecule has 0 N–H and O–H groups in total. The number of hydrogen-bond donors (Lipinski definition) is 0. The summed E-state index contributed by atoms with van der Waals surface area (Å²) in [4.78, 5) is 35.4. The Morgan fingerprint density at radius 2 is 0.896 bits per heavy atom. The molecule has 0 amide bonds. The number of ketones is 2. The average molecular weight is 647 g/mol. The molecule has 5 rings (SSSR count). The minimum Gasteiger partial charge on any atom is -0.490 e. The molecule has 10 nitrogen and oxygen atoms in total. The van der Waals surface area contributed by atoms with Crippen molar-refractivity contribution in [2.75, 3.05) is 67.1 Å². The van der Waals surface area contributed by atoms with Crippen LogP contribution in [0.1, 0.15) is 54.1 Å². The molecule has 4 aromatic rings. The smallest absolute Gasteiger partial charge is 0.194 e. The molecule has 1 aliphatic carbocycles. The maximum Gasteiger partial charge on any atom is 0.194 e. The Labute approximate surface area is 279 Å². The molecule has 10 heteroatoms. The van der Waals surface area contributed by atoms with Gasteiger partial charge in [0.15, 0.2) is 11.6 Å². The highest BCUT2D eigenvalue weighted by molar-refractivity contribution is 6.28. The number of fused-ring (bicyclic) bond motifs is 2. The highest BCUT2D eigenvalue weighted by atomic mass is 16.5. The van der Waals surface area contributed by atoms with Gasteiger partial charge in [-0.25, -0.2) is 0 Å². The van der Waals surface area contributed by atoms with Crippen molar-refractivity contribution >= 4 is 11.6 Å². The summed E-state index contributed by atoms with van der Waals surface area (Å²) in [5.41, 5.74) is 3.73. The number of carbonyl (C=O) groups excluding carboxylic acids is 2. The van der Waals surface area contributed by atoms with E-state index in [9.17, 15) is 9.59 Å². The summed E-state index contributed by atoms with van der Waals surface area (Å²) >= 11 is 0. The standard InChI is InChI=1S/C38H34N2O8/c1-43-11-13-45-15-17-47-31-19-29(23-39-25-31)5-3-27-7-9-33-35(21-27)38(42)36-22-28(8-10-34(36)37(33)41)4-6-30-20-32(26-40-24-30)48-18-16-46-14-12-44-2/h7-10,19-26H,11-18H2,1-2H3. The van der Waals surface area contributed by atoms with Crippen LogP contribution in [-0.4, -0.2) is 88.6 Å². The maximum absolute atomic E-state index is 13.6. The first-order chi connectivity index (χ1) is 23.6. The quantitative estimate of drug-likeness (QED) is 0.129. The fourth-order valence-electron chi connectivity index (χ4n) is 4.65. The first-order valence-electron chi connectivity index (χ1n) is 15.3. The van der Waals surface area contributed by atoms with Gasteiger partial charge in [0.25, 0.3) is 0 Å². The van der Waals surface area contributed by atoms with E-state index in [4.69, 9.17) is 28.4 Å². The highest BCUT2D eigenvalue weighted by Gasteiger charge is 2.29. The summed E-state index contributed by atoms with van der Waals surface area (Å²) in [7, 11) is 3.24. The molecule has 0 aliphatic heterocycles. The Morgan fingerprint density at radius 3 is 1.35 bits per heavy atom. The summed E-state index contributed by atoms with van der Waals surface area (Å²) in [6.45, 7) is 3.62. The second-order valence-corrected chi connectivity index (χ2v) is 10.4. The van der Waals surface area contributed by atoms with Crippen molar-refractivity contribution in [2.45, 2.75) is 0 Å². The van der Waals surface area contributed by atoms with E-state index in [2.05, 4.69) is 33.6 Å². The van der Waals surface area contributed by atoms with Crippen molar-refractivity contribution < 1.29 is 38.0 Å². The van der Waals surface area contributed by atoms with Crippen LogP contribution < -0.4 is 9.47 Å². The predicted molar refractivity (Wildman–Crippen MR) is 177 cm³/mol. The zero-order valence-electron chi connectivity index (χ0n) is 26.7. The van der Waals surface area contributed by atoms with E-state index in [1.165, 1.54) is 0 Å². The van der Waals surface area contributed by atoms with Crippen LogP contribution in [0, 0.1) is 23.7 Å². The summed E-state index contributed by atoms with van der Waals surface area (Å²) in [6, 6.07) is 13.6. The third kappa shape index (κ3) is 9.35. The van der Waals surface area contributed by atoms with Gasteiger partial charge < -0.3 is 28.4 Å². The lowest BCUT2D eigenvalue weighted by Crippen LogP contribution is -2.21.